The summed E-state index contributed by atoms with van der Waals surface area (Å²) in [5, 5.41) is 4.09. The Hall–Kier alpha value is -3.32. The smallest absolute Gasteiger partial charge is 0.0560 e. The number of anilines is 1. The molecule has 4 aromatic carbocycles. The number of hydrogen-bond acceptors (Lipinski definition) is 1. The van der Waals surface area contributed by atoms with E-state index in [4.69, 9.17) is 0 Å². The molecule has 0 bridgehead atoms. The molecule has 4 unspecified atom stereocenters. The zero-order chi connectivity index (χ0) is 23.2. The van der Waals surface area contributed by atoms with E-state index in [2.05, 4.69) is 121 Å². The summed E-state index contributed by atoms with van der Waals surface area (Å²) in [7, 11) is 0. The van der Waals surface area contributed by atoms with Crippen molar-refractivity contribution >= 4 is 5.69 Å². The fourth-order valence-corrected chi connectivity index (χ4v) is 7.95. The molecule has 3 aliphatic rings. The van der Waals surface area contributed by atoms with Gasteiger partial charge >= 0.3 is 0 Å². The van der Waals surface area contributed by atoms with E-state index in [1.165, 1.54) is 53.6 Å². The predicted molar refractivity (Wildman–Crippen MR) is 144 cm³/mol. The van der Waals surface area contributed by atoms with Crippen molar-refractivity contribution in [1.82, 2.24) is 0 Å². The molecule has 2 saturated carbocycles. The lowest BCUT2D eigenvalue weighted by atomic mass is 9.55. The Labute approximate surface area is 209 Å². The van der Waals surface area contributed by atoms with E-state index in [9.17, 15) is 0 Å². The highest BCUT2D eigenvalue weighted by Crippen LogP contribution is 2.69. The molecule has 4 atom stereocenters. The highest BCUT2D eigenvalue weighted by atomic mass is 15.0. The van der Waals surface area contributed by atoms with Crippen molar-refractivity contribution in [2.45, 2.75) is 37.1 Å². The Morgan fingerprint density at radius 2 is 1.09 bits per heavy atom. The number of fused-ring (bicyclic) bond motifs is 2. The molecule has 1 N–H and O–H groups in total. The minimum atomic E-state index is -0.202. The summed E-state index contributed by atoms with van der Waals surface area (Å²) in [4.78, 5) is 0. The zero-order valence-corrected chi connectivity index (χ0v) is 20.2. The van der Waals surface area contributed by atoms with Gasteiger partial charge in [0.25, 0.3) is 0 Å². The van der Waals surface area contributed by atoms with Crippen molar-refractivity contribution in [3.63, 3.8) is 0 Å². The molecule has 7 rings (SSSR count). The van der Waals surface area contributed by atoms with Crippen LogP contribution in [-0.2, 0) is 5.41 Å². The third-order valence-electron chi connectivity index (χ3n) is 9.28. The molecule has 2 fully saturated rings. The van der Waals surface area contributed by atoms with Gasteiger partial charge in [0.1, 0.15) is 0 Å². The Morgan fingerprint density at radius 1 is 0.571 bits per heavy atom. The second-order valence-electron chi connectivity index (χ2n) is 10.8. The molecule has 0 saturated heterocycles. The first-order valence-electron chi connectivity index (χ1n) is 13.4. The van der Waals surface area contributed by atoms with Gasteiger partial charge in [-0.25, -0.2) is 0 Å². The topological polar surface area (TPSA) is 12.0 Å². The van der Waals surface area contributed by atoms with Gasteiger partial charge in [0.2, 0.25) is 0 Å². The largest absolute Gasteiger partial charge is 0.378 e. The van der Waals surface area contributed by atoms with Crippen LogP contribution in [0.15, 0.2) is 115 Å². The third kappa shape index (κ3) is 3.21. The molecule has 35 heavy (non-hydrogen) atoms. The van der Waals surface area contributed by atoms with Crippen LogP contribution in [0.1, 0.15) is 54.0 Å². The van der Waals surface area contributed by atoms with Crippen LogP contribution in [0.2, 0.25) is 0 Å². The first kappa shape index (κ1) is 21.0. The molecular formula is C34H33N. The molecule has 0 aromatic heterocycles. The average Bonchev–Trinajstić information content (AvgIpc) is 3.67. The van der Waals surface area contributed by atoms with Gasteiger partial charge in [-0.2, -0.15) is 0 Å². The summed E-state index contributed by atoms with van der Waals surface area (Å²) >= 11 is 0. The number of nitrogens with one attached hydrogen (secondary N) is 1. The minimum absolute atomic E-state index is 0.202. The van der Waals surface area contributed by atoms with Gasteiger partial charge in [0, 0.05) is 11.6 Å². The quantitative estimate of drug-likeness (QED) is 0.327. The molecule has 2 aliphatic carbocycles. The molecule has 4 aromatic rings. The van der Waals surface area contributed by atoms with Gasteiger partial charge in [-0.15, -0.1) is 0 Å². The molecule has 0 radical (unpaired) electrons. The summed E-state index contributed by atoms with van der Waals surface area (Å²) in [6.07, 6.45) is 5.59. The predicted octanol–water partition coefficient (Wildman–Crippen LogP) is 8.24. The maximum Gasteiger partial charge on any atom is 0.0560 e. The molecule has 1 aliphatic heterocycles. The summed E-state index contributed by atoms with van der Waals surface area (Å²) < 4.78 is 0. The van der Waals surface area contributed by atoms with Gasteiger partial charge in [-0.3, -0.25) is 0 Å². The fourth-order valence-electron chi connectivity index (χ4n) is 7.95. The molecular weight excluding hydrogens is 422 g/mol. The van der Waals surface area contributed by atoms with Crippen LogP contribution in [0.4, 0.5) is 5.69 Å². The minimum Gasteiger partial charge on any atom is -0.378 e. The van der Waals surface area contributed by atoms with Gasteiger partial charge in [0.15, 0.2) is 0 Å². The normalized spacial score (nSPS) is 28.3. The van der Waals surface area contributed by atoms with E-state index in [1.54, 1.807) is 0 Å². The maximum absolute atomic E-state index is 4.09. The molecule has 1 nitrogen and oxygen atoms in total. The second kappa shape index (κ2) is 8.41. The molecule has 0 amide bonds. The molecule has 174 valence electrons. The van der Waals surface area contributed by atoms with E-state index in [-0.39, 0.29) is 11.5 Å². The zero-order valence-electron chi connectivity index (χ0n) is 20.2. The second-order valence-corrected chi connectivity index (χ2v) is 10.8. The SMILES string of the molecule is c1ccc(C2Nc3ccccc3C(c3ccccc3)(c3ccccc3)C2C2C3CCCCC32)cc1. The van der Waals surface area contributed by atoms with Crippen molar-refractivity contribution in [2.75, 3.05) is 5.32 Å². The van der Waals surface area contributed by atoms with Crippen molar-refractivity contribution < 1.29 is 0 Å². The number of hydrogen-bond donors (Lipinski definition) is 1. The van der Waals surface area contributed by atoms with E-state index in [0.29, 0.717) is 5.92 Å². The van der Waals surface area contributed by atoms with Crippen LogP contribution >= 0.6 is 0 Å². The van der Waals surface area contributed by atoms with Crippen molar-refractivity contribution in [3.8, 4) is 0 Å². The summed E-state index contributed by atoms with van der Waals surface area (Å²) in [6, 6.07) is 43.4. The van der Waals surface area contributed by atoms with E-state index < -0.39 is 0 Å². The number of para-hydroxylation sites is 1. The van der Waals surface area contributed by atoms with E-state index in [1.807, 2.05) is 0 Å². The van der Waals surface area contributed by atoms with Crippen LogP contribution in [0.3, 0.4) is 0 Å². The summed E-state index contributed by atoms with van der Waals surface area (Å²) in [6.45, 7) is 0. The summed E-state index contributed by atoms with van der Waals surface area (Å²) in [5.41, 5.74) is 6.76. The van der Waals surface area contributed by atoms with E-state index >= 15 is 0 Å². The Kier molecular flexibility index (Phi) is 5.05. The van der Waals surface area contributed by atoms with Gasteiger partial charge in [0.05, 0.1) is 11.5 Å². The standard InChI is InChI=1S/C34H33N/c1-4-14-24(15-5-1)33-32(31-27-20-10-11-21-28(27)31)34(25-16-6-2-7-17-25,26-18-8-3-9-19-26)29-22-12-13-23-30(29)35-33/h1-9,12-19,22-23,27-28,31-33,35H,10-11,20-21H2. The van der Waals surface area contributed by atoms with Crippen molar-refractivity contribution in [3.05, 3.63) is 138 Å². The van der Waals surface area contributed by atoms with Crippen LogP contribution in [0.25, 0.3) is 0 Å². The lowest BCUT2D eigenvalue weighted by Crippen LogP contribution is -2.48. The Balaban J connectivity index is 1.56. The maximum atomic E-state index is 4.09. The Morgan fingerprint density at radius 3 is 1.69 bits per heavy atom. The van der Waals surface area contributed by atoms with Gasteiger partial charge < -0.3 is 5.32 Å². The molecule has 1 heteroatoms. The molecule has 0 spiro atoms. The first-order chi connectivity index (χ1) is 17.4. The van der Waals surface area contributed by atoms with Gasteiger partial charge in [-0.05, 0) is 58.9 Å². The fraction of sp³-hybridized carbons (Fsp3) is 0.294. The highest BCUT2D eigenvalue weighted by Gasteiger charge is 2.64. The van der Waals surface area contributed by atoms with Crippen LogP contribution < -0.4 is 5.32 Å². The first-order valence-corrected chi connectivity index (χ1v) is 13.4. The number of rotatable bonds is 4. The highest BCUT2D eigenvalue weighted by molar-refractivity contribution is 5.68. The van der Waals surface area contributed by atoms with Crippen LogP contribution in [0, 0.1) is 23.7 Å². The van der Waals surface area contributed by atoms with Crippen molar-refractivity contribution in [1.29, 1.82) is 0 Å². The monoisotopic (exact) mass is 455 g/mol. The van der Waals surface area contributed by atoms with Crippen LogP contribution in [-0.4, -0.2) is 0 Å². The average molecular weight is 456 g/mol. The lowest BCUT2D eigenvalue weighted by molar-refractivity contribution is 0.256. The Bertz CT molecular complexity index is 1240. The number of benzene rings is 4. The summed E-state index contributed by atoms with van der Waals surface area (Å²) in [5.74, 6) is 2.89. The van der Waals surface area contributed by atoms with E-state index in [0.717, 1.165) is 17.8 Å². The van der Waals surface area contributed by atoms with Crippen molar-refractivity contribution in [2.24, 2.45) is 23.7 Å². The third-order valence-corrected chi connectivity index (χ3v) is 9.28. The van der Waals surface area contributed by atoms with Gasteiger partial charge in [-0.1, -0.05) is 122 Å². The van der Waals surface area contributed by atoms with Crippen LogP contribution in [0.5, 0.6) is 0 Å². The lowest BCUT2D eigenvalue weighted by Gasteiger charge is -2.52. The molecule has 1 heterocycles.